The summed E-state index contributed by atoms with van der Waals surface area (Å²) in [6.45, 7) is 2.41. The summed E-state index contributed by atoms with van der Waals surface area (Å²) in [5.41, 5.74) is 1.81. The Morgan fingerprint density at radius 2 is 1.77 bits per heavy atom. The average molecular weight is 550 g/mol. The SMILES string of the molecule is CN=C(NCCc1ccc(OC)cc1)NCCS(=O)(=O)Nc1ccc(C)c(F)c1.I. The number of anilines is 1. The Hall–Kier alpha value is -2.08. The van der Waals surface area contributed by atoms with Crippen molar-refractivity contribution in [2.75, 3.05) is 37.7 Å². The monoisotopic (exact) mass is 550 g/mol. The second-order valence-corrected chi connectivity index (χ2v) is 8.25. The number of aliphatic imine (C=N–C) groups is 1. The second kappa shape index (κ2) is 12.6. The topological polar surface area (TPSA) is 91.8 Å². The Labute approximate surface area is 194 Å². The van der Waals surface area contributed by atoms with Crippen molar-refractivity contribution in [1.82, 2.24) is 10.6 Å². The molecule has 2 aromatic rings. The smallest absolute Gasteiger partial charge is 0.234 e. The number of halogens is 2. The third kappa shape index (κ3) is 8.74. The highest BCUT2D eigenvalue weighted by Gasteiger charge is 2.12. The molecule has 0 unspecified atom stereocenters. The van der Waals surface area contributed by atoms with Gasteiger partial charge in [0, 0.05) is 20.1 Å². The van der Waals surface area contributed by atoms with Crippen LogP contribution in [0.15, 0.2) is 47.5 Å². The van der Waals surface area contributed by atoms with Crippen LogP contribution in [0.3, 0.4) is 0 Å². The fraction of sp³-hybridized carbons (Fsp3) is 0.350. The maximum Gasteiger partial charge on any atom is 0.234 e. The number of nitrogens with one attached hydrogen (secondary N) is 3. The molecular weight excluding hydrogens is 522 g/mol. The van der Waals surface area contributed by atoms with Crippen molar-refractivity contribution in [2.24, 2.45) is 4.99 Å². The first-order valence-electron chi connectivity index (χ1n) is 9.17. The number of ether oxygens (including phenoxy) is 1. The first kappa shape index (κ1) is 26.0. The van der Waals surface area contributed by atoms with E-state index in [9.17, 15) is 12.8 Å². The summed E-state index contributed by atoms with van der Waals surface area (Å²) < 4.78 is 45.4. The predicted molar refractivity (Wildman–Crippen MR) is 130 cm³/mol. The van der Waals surface area contributed by atoms with E-state index in [0.29, 0.717) is 18.1 Å². The fourth-order valence-corrected chi connectivity index (χ4v) is 3.49. The number of sulfonamides is 1. The molecule has 3 N–H and O–H groups in total. The molecule has 30 heavy (non-hydrogen) atoms. The van der Waals surface area contributed by atoms with Crippen LogP contribution in [0, 0.1) is 12.7 Å². The van der Waals surface area contributed by atoms with Gasteiger partial charge in [0.15, 0.2) is 5.96 Å². The van der Waals surface area contributed by atoms with Gasteiger partial charge in [0.05, 0.1) is 18.6 Å². The highest BCUT2D eigenvalue weighted by atomic mass is 127. The minimum absolute atomic E-state index is 0. The van der Waals surface area contributed by atoms with Crippen molar-refractivity contribution in [1.29, 1.82) is 0 Å². The van der Waals surface area contributed by atoms with E-state index in [0.717, 1.165) is 17.7 Å². The molecule has 0 amide bonds. The summed E-state index contributed by atoms with van der Waals surface area (Å²) >= 11 is 0. The Kier molecular flexibility index (Phi) is 10.9. The van der Waals surface area contributed by atoms with E-state index in [1.807, 2.05) is 24.3 Å². The van der Waals surface area contributed by atoms with Crippen LogP contribution in [-0.2, 0) is 16.4 Å². The third-order valence-corrected chi connectivity index (χ3v) is 5.49. The van der Waals surface area contributed by atoms with Crippen molar-refractivity contribution >= 4 is 45.6 Å². The van der Waals surface area contributed by atoms with Crippen LogP contribution in [0.4, 0.5) is 10.1 Å². The van der Waals surface area contributed by atoms with Gasteiger partial charge in [-0.15, -0.1) is 24.0 Å². The van der Waals surface area contributed by atoms with Crippen LogP contribution in [-0.4, -0.2) is 47.4 Å². The molecule has 2 rings (SSSR count). The lowest BCUT2D eigenvalue weighted by Crippen LogP contribution is -2.40. The van der Waals surface area contributed by atoms with Crippen LogP contribution < -0.4 is 20.1 Å². The van der Waals surface area contributed by atoms with Gasteiger partial charge in [-0.05, 0) is 48.7 Å². The second-order valence-electron chi connectivity index (χ2n) is 6.41. The zero-order valence-corrected chi connectivity index (χ0v) is 20.4. The molecule has 0 aromatic heterocycles. The van der Waals surface area contributed by atoms with Crippen LogP contribution >= 0.6 is 24.0 Å². The minimum atomic E-state index is -3.61. The van der Waals surface area contributed by atoms with Gasteiger partial charge in [0.2, 0.25) is 10.0 Å². The predicted octanol–water partition coefficient (Wildman–Crippen LogP) is 2.91. The maximum atomic E-state index is 13.6. The molecule has 2 aromatic carbocycles. The van der Waals surface area contributed by atoms with Gasteiger partial charge in [0.1, 0.15) is 11.6 Å². The first-order chi connectivity index (χ1) is 13.8. The molecule has 0 saturated carbocycles. The average Bonchev–Trinajstić information content (AvgIpc) is 2.69. The molecule has 7 nitrogen and oxygen atoms in total. The van der Waals surface area contributed by atoms with E-state index in [4.69, 9.17) is 4.74 Å². The fourth-order valence-electron chi connectivity index (χ4n) is 2.53. The molecule has 10 heteroatoms. The lowest BCUT2D eigenvalue weighted by atomic mass is 10.1. The van der Waals surface area contributed by atoms with Crippen LogP contribution in [0.2, 0.25) is 0 Å². The molecule has 0 spiro atoms. The van der Waals surface area contributed by atoms with Gasteiger partial charge in [-0.25, -0.2) is 12.8 Å². The molecule has 0 atom stereocenters. The van der Waals surface area contributed by atoms with E-state index in [2.05, 4.69) is 20.3 Å². The molecule has 0 aliphatic carbocycles. The summed E-state index contributed by atoms with van der Waals surface area (Å²) in [5, 5.41) is 6.10. The molecule has 0 saturated heterocycles. The van der Waals surface area contributed by atoms with Gasteiger partial charge >= 0.3 is 0 Å². The number of rotatable bonds is 9. The van der Waals surface area contributed by atoms with E-state index in [-0.39, 0.29) is 42.0 Å². The summed E-state index contributed by atoms with van der Waals surface area (Å²) in [7, 11) is -0.370. The van der Waals surface area contributed by atoms with E-state index < -0.39 is 15.8 Å². The molecule has 0 aliphatic heterocycles. The number of benzene rings is 2. The van der Waals surface area contributed by atoms with Gasteiger partial charge < -0.3 is 15.4 Å². The van der Waals surface area contributed by atoms with E-state index >= 15 is 0 Å². The number of aryl methyl sites for hydroxylation is 1. The zero-order chi connectivity index (χ0) is 21.3. The van der Waals surface area contributed by atoms with Gasteiger partial charge in [-0.3, -0.25) is 9.71 Å². The minimum Gasteiger partial charge on any atom is -0.497 e. The molecule has 0 heterocycles. The van der Waals surface area contributed by atoms with Gasteiger partial charge in [-0.1, -0.05) is 18.2 Å². The highest BCUT2D eigenvalue weighted by Crippen LogP contribution is 2.15. The molecular formula is C20H28FIN4O3S. The zero-order valence-electron chi connectivity index (χ0n) is 17.2. The lowest BCUT2D eigenvalue weighted by molar-refractivity contribution is 0.414. The van der Waals surface area contributed by atoms with Gasteiger partial charge in [-0.2, -0.15) is 0 Å². The van der Waals surface area contributed by atoms with Crippen molar-refractivity contribution < 1.29 is 17.5 Å². The normalized spacial score (nSPS) is 11.4. The number of hydrogen-bond acceptors (Lipinski definition) is 4. The summed E-state index contributed by atoms with van der Waals surface area (Å²) in [6, 6.07) is 12.0. The molecule has 0 radical (unpaired) electrons. The first-order valence-corrected chi connectivity index (χ1v) is 10.8. The Balaban J connectivity index is 0.00000450. The Bertz CT molecular complexity index is 938. The molecule has 0 aliphatic rings. The van der Waals surface area contributed by atoms with E-state index in [1.54, 1.807) is 21.1 Å². The molecule has 0 bridgehead atoms. The quantitative estimate of drug-likeness (QED) is 0.254. The summed E-state index contributed by atoms with van der Waals surface area (Å²) in [6.07, 6.45) is 0.781. The lowest BCUT2D eigenvalue weighted by Gasteiger charge is -2.13. The Morgan fingerprint density at radius 1 is 1.10 bits per heavy atom. The standard InChI is InChI=1S/C20H27FN4O3S.HI/c1-15-4-7-17(14-19(15)21)25-29(26,27)13-12-24-20(22-2)23-11-10-16-5-8-18(28-3)9-6-16;/h4-9,14,25H,10-13H2,1-3H3,(H2,22,23,24);1H. The van der Waals surface area contributed by atoms with Crippen LogP contribution in [0.5, 0.6) is 5.75 Å². The number of hydrogen-bond donors (Lipinski definition) is 3. The largest absolute Gasteiger partial charge is 0.497 e. The summed E-state index contributed by atoms with van der Waals surface area (Å²) in [4.78, 5) is 4.08. The van der Waals surface area contributed by atoms with Crippen LogP contribution in [0.25, 0.3) is 0 Å². The highest BCUT2D eigenvalue weighted by molar-refractivity contribution is 14.0. The maximum absolute atomic E-state index is 13.6. The number of methoxy groups -OCH3 is 1. The molecule has 0 fully saturated rings. The number of guanidine groups is 1. The Morgan fingerprint density at radius 3 is 2.37 bits per heavy atom. The van der Waals surface area contributed by atoms with Crippen molar-refractivity contribution in [3.63, 3.8) is 0 Å². The van der Waals surface area contributed by atoms with Crippen molar-refractivity contribution in [3.05, 3.63) is 59.4 Å². The van der Waals surface area contributed by atoms with Crippen molar-refractivity contribution in [2.45, 2.75) is 13.3 Å². The third-order valence-electron chi connectivity index (χ3n) is 4.20. The van der Waals surface area contributed by atoms with Gasteiger partial charge in [0.25, 0.3) is 0 Å². The van der Waals surface area contributed by atoms with Crippen LogP contribution in [0.1, 0.15) is 11.1 Å². The molecule has 166 valence electrons. The summed E-state index contributed by atoms with van der Waals surface area (Å²) in [5.74, 6) is 0.684. The number of nitrogens with zero attached hydrogens (tertiary/aromatic N) is 1. The van der Waals surface area contributed by atoms with Crippen molar-refractivity contribution in [3.8, 4) is 5.75 Å². The van der Waals surface area contributed by atoms with E-state index in [1.165, 1.54) is 18.2 Å².